The lowest BCUT2D eigenvalue weighted by Gasteiger charge is -2.17. The molecule has 0 aliphatic heterocycles. The monoisotopic (exact) mass is 748 g/mol. The summed E-state index contributed by atoms with van der Waals surface area (Å²) < 4.78 is 15.4. The Kier molecular flexibility index (Phi) is 19.1. The smallest absolute Gasteiger partial charge is 0.329 e. The van der Waals surface area contributed by atoms with Gasteiger partial charge in [-0.15, -0.1) is 0 Å². The van der Waals surface area contributed by atoms with Crippen molar-refractivity contribution in [3.63, 3.8) is 0 Å². The number of hydrogen-bond acceptors (Lipinski definition) is 18. The van der Waals surface area contributed by atoms with Crippen molar-refractivity contribution in [2.75, 3.05) is 37.2 Å². The van der Waals surface area contributed by atoms with Gasteiger partial charge in [-0.2, -0.15) is 25.3 Å². The highest BCUT2D eigenvalue weighted by Gasteiger charge is 2.25. The number of hydrogen-bond donors (Lipinski definition) is 6. The molecule has 2 rings (SSSR count). The lowest BCUT2D eigenvalue weighted by Crippen LogP contribution is -2.43. The molecule has 0 saturated heterocycles. The molecule has 46 heavy (non-hydrogen) atoms. The molecule has 250 valence electrons. The Balaban J connectivity index is 2.10. The molecule has 4 atom stereocenters. The molecular weight excluding hydrogens is 717 g/mol. The van der Waals surface area contributed by atoms with Crippen LogP contribution in [-0.2, 0) is 28.7 Å². The van der Waals surface area contributed by atoms with Crippen LogP contribution in [0.5, 0.6) is 0 Å². The predicted octanol–water partition coefficient (Wildman–Crippen LogP) is 1.45. The summed E-state index contributed by atoms with van der Waals surface area (Å²) in [4.78, 5) is 81.2. The molecule has 0 aliphatic carbocycles. The lowest BCUT2D eigenvalue weighted by atomic mass is 10.1. The molecule has 2 aromatic heterocycles. The lowest BCUT2D eigenvalue weighted by molar-refractivity contribution is -0.143. The number of nitrogens with zero attached hydrogens (tertiary/aromatic N) is 2. The van der Waals surface area contributed by atoms with E-state index in [1.165, 1.54) is 72.5 Å². The highest BCUT2D eigenvalue weighted by Crippen LogP contribution is 2.22. The molecule has 0 fully saturated rings. The van der Waals surface area contributed by atoms with Gasteiger partial charge in [0.05, 0.1) is 37.7 Å². The first-order chi connectivity index (χ1) is 22.2. The molecule has 0 spiro atoms. The standard InChI is InChI=1S/C26H32N6O8S6/c1-39-25(37)21(13-43-45-31-17(9-33)11-41)29-23(35)15-3-5-27-19(7-15)20-8-16(4-6-28-20)24(36)30-22(26(38)40-2)14-44-46-32-18(10-34)12-42/h3-10,17-18,21-22,31-32,41-42H,11-14H2,1-2H3,(H,29,35)(H,30,36)/t17-,18-,21?,22?/m1/s1. The first kappa shape index (κ1) is 39.7. The van der Waals surface area contributed by atoms with Crippen LogP contribution in [0.4, 0.5) is 0 Å². The van der Waals surface area contributed by atoms with E-state index < -0.39 is 47.9 Å². The number of pyridine rings is 2. The number of carbonyl (C=O) groups excluding carboxylic acids is 6. The average molecular weight is 749 g/mol. The van der Waals surface area contributed by atoms with Gasteiger partial charge in [0.25, 0.3) is 11.8 Å². The SMILES string of the molecule is COC(=O)C(CSSN[C@H](C=O)CS)NC(=O)c1ccnc(-c2cc(C(=O)NC(CSSN[C@H](C=O)CS)C(=O)OC)ccn2)c1. The molecule has 0 aliphatic rings. The maximum atomic E-state index is 13.1. The van der Waals surface area contributed by atoms with Gasteiger partial charge in [-0.1, -0.05) is 21.6 Å². The third kappa shape index (κ3) is 13.3. The van der Waals surface area contributed by atoms with Crippen LogP contribution in [0.2, 0.25) is 0 Å². The van der Waals surface area contributed by atoms with E-state index in [2.05, 4.69) is 55.3 Å². The number of amides is 2. The Morgan fingerprint density at radius 1 is 0.761 bits per heavy atom. The summed E-state index contributed by atoms with van der Waals surface area (Å²) in [5.74, 6) is -1.59. The van der Waals surface area contributed by atoms with E-state index >= 15 is 0 Å². The number of rotatable bonds is 21. The highest BCUT2D eigenvalue weighted by molar-refractivity contribution is 8.76. The van der Waals surface area contributed by atoms with E-state index in [1.54, 1.807) is 0 Å². The number of carbonyl (C=O) groups is 6. The number of aldehydes is 2. The van der Waals surface area contributed by atoms with E-state index in [1.807, 2.05) is 0 Å². The van der Waals surface area contributed by atoms with Crippen LogP contribution < -0.4 is 20.1 Å². The summed E-state index contributed by atoms with van der Waals surface area (Å²) in [6, 6.07) is 2.88. The van der Waals surface area contributed by atoms with Crippen molar-refractivity contribution in [1.29, 1.82) is 0 Å². The van der Waals surface area contributed by atoms with Crippen molar-refractivity contribution >= 4 is 105 Å². The fourth-order valence-electron chi connectivity index (χ4n) is 3.14. The van der Waals surface area contributed by atoms with Crippen LogP contribution >= 0.6 is 68.8 Å². The molecule has 20 heteroatoms. The minimum Gasteiger partial charge on any atom is -0.467 e. The summed E-state index contributed by atoms with van der Waals surface area (Å²) in [5.41, 5.74) is 0.889. The number of esters is 2. The molecule has 4 N–H and O–H groups in total. The zero-order valence-electron chi connectivity index (χ0n) is 24.4. The Morgan fingerprint density at radius 2 is 1.15 bits per heavy atom. The first-order valence-corrected chi connectivity index (χ1v) is 19.0. The van der Waals surface area contributed by atoms with Gasteiger partial charge in [0.2, 0.25) is 0 Å². The fourth-order valence-corrected chi connectivity index (χ4v) is 7.63. The van der Waals surface area contributed by atoms with Crippen LogP contribution in [0.1, 0.15) is 20.7 Å². The van der Waals surface area contributed by atoms with Gasteiger partial charge in [0, 0.05) is 46.5 Å². The molecule has 0 radical (unpaired) electrons. The second-order valence-electron chi connectivity index (χ2n) is 8.78. The zero-order chi connectivity index (χ0) is 33.9. The van der Waals surface area contributed by atoms with E-state index in [4.69, 9.17) is 9.47 Å². The predicted molar refractivity (Wildman–Crippen MR) is 188 cm³/mol. The minimum absolute atomic E-state index is 0.139. The number of methoxy groups -OCH3 is 2. The Bertz CT molecular complexity index is 1250. The fraction of sp³-hybridized carbons (Fsp3) is 0.385. The van der Waals surface area contributed by atoms with Crippen LogP contribution in [0, 0.1) is 0 Å². The van der Waals surface area contributed by atoms with E-state index in [9.17, 15) is 28.8 Å². The van der Waals surface area contributed by atoms with Crippen molar-refractivity contribution in [2.45, 2.75) is 24.2 Å². The van der Waals surface area contributed by atoms with Gasteiger partial charge >= 0.3 is 11.9 Å². The van der Waals surface area contributed by atoms with Gasteiger partial charge in [-0.25, -0.2) is 19.0 Å². The summed E-state index contributed by atoms with van der Waals surface area (Å²) in [6.45, 7) is 0. The quantitative estimate of drug-likeness (QED) is 0.0268. The Labute approximate surface area is 292 Å². The first-order valence-electron chi connectivity index (χ1n) is 13.1. The van der Waals surface area contributed by atoms with E-state index in [0.29, 0.717) is 24.1 Å². The van der Waals surface area contributed by atoms with Crippen LogP contribution in [0.3, 0.4) is 0 Å². The van der Waals surface area contributed by atoms with Gasteiger partial charge in [0.1, 0.15) is 24.7 Å². The number of aromatic nitrogens is 2. The topological polar surface area (TPSA) is 195 Å². The molecule has 0 bridgehead atoms. The van der Waals surface area contributed by atoms with Crippen LogP contribution in [0.25, 0.3) is 11.4 Å². The Hall–Kier alpha value is -2.46. The van der Waals surface area contributed by atoms with Crippen LogP contribution in [-0.4, -0.2) is 108 Å². The maximum absolute atomic E-state index is 13.1. The van der Waals surface area contributed by atoms with E-state index in [0.717, 1.165) is 22.0 Å². The number of ether oxygens (including phenoxy) is 2. The van der Waals surface area contributed by atoms with Gasteiger partial charge in [0.15, 0.2) is 0 Å². The Morgan fingerprint density at radius 3 is 1.48 bits per heavy atom. The third-order valence-electron chi connectivity index (χ3n) is 5.60. The number of nitrogens with one attached hydrogen (secondary N) is 4. The van der Waals surface area contributed by atoms with Crippen molar-refractivity contribution in [3.8, 4) is 11.4 Å². The zero-order valence-corrected chi connectivity index (χ0v) is 29.5. The van der Waals surface area contributed by atoms with Crippen molar-refractivity contribution < 1.29 is 38.2 Å². The third-order valence-corrected chi connectivity index (χ3v) is 10.5. The molecule has 2 aromatic rings. The van der Waals surface area contributed by atoms with Crippen molar-refractivity contribution in [3.05, 3.63) is 47.8 Å². The molecule has 0 aromatic carbocycles. The molecule has 0 saturated carbocycles. The molecular formula is C26H32N6O8S6. The molecule has 2 unspecified atom stereocenters. The number of thiol groups is 2. The summed E-state index contributed by atoms with van der Waals surface area (Å²) in [7, 11) is 7.10. The largest absolute Gasteiger partial charge is 0.467 e. The van der Waals surface area contributed by atoms with Gasteiger partial charge in [-0.3, -0.25) is 19.6 Å². The van der Waals surface area contributed by atoms with Gasteiger partial charge < -0.3 is 29.7 Å². The highest BCUT2D eigenvalue weighted by atomic mass is 33.1. The summed E-state index contributed by atoms with van der Waals surface area (Å²) in [6.07, 6.45) is 4.20. The average Bonchev–Trinajstić information content (AvgIpc) is 3.09. The van der Waals surface area contributed by atoms with Crippen molar-refractivity contribution in [2.24, 2.45) is 0 Å². The normalized spacial score (nSPS) is 13.4. The second kappa shape index (κ2) is 22.2. The van der Waals surface area contributed by atoms with Crippen molar-refractivity contribution in [1.82, 2.24) is 30.0 Å². The second-order valence-corrected chi connectivity index (χ2v) is 13.9. The van der Waals surface area contributed by atoms with E-state index in [-0.39, 0.29) is 34.0 Å². The van der Waals surface area contributed by atoms with Crippen LogP contribution in [0.15, 0.2) is 36.7 Å². The molecule has 2 amide bonds. The summed E-state index contributed by atoms with van der Waals surface area (Å²) in [5, 5.41) is 5.27. The summed E-state index contributed by atoms with van der Waals surface area (Å²) >= 11 is 8.13. The minimum atomic E-state index is -0.992. The molecule has 2 heterocycles. The van der Waals surface area contributed by atoms with Gasteiger partial charge in [-0.05, 0) is 46.2 Å². The molecule has 14 nitrogen and oxygen atoms in total. The maximum Gasteiger partial charge on any atom is 0.329 e.